The zero-order chi connectivity index (χ0) is 16.1. The highest BCUT2D eigenvalue weighted by molar-refractivity contribution is 9.10. The number of carbonyl (C=O) groups is 1. The van der Waals surface area contributed by atoms with Crippen LogP contribution in [0.3, 0.4) is 0 Å². The highest BCUT2D eigenvalue weighted by Gasteiger charge is 2.24. The molecule has 4 heteroatoms. The zero-order valence-corrected chi connectivity index (χ0v) is 14.9. The van der Waals surface area contributed by atoms with Crippen LogP contribution >= 0.6 is 15.9 Å². The molecule has 0 heterocycles. The summed E-state index contributed by atoms with van der Waals surface area (Å²) in [6.45, 7) is 8.91. The Morgan fingerprint density at radius 3 is 2.24 bits per heavy atom. The molecule has 1 N–H and O–H groups in total. The molecule has 0 saturated carbocycles. The molecule has 0 saturated heterocycles. The highest BCUT2D eigenvalue weighted by Crippen LogP contribution is 2.29. The number of carboxylic acids is 1. The van der Waals surface area contributed by atoms with E-state index in [-0.39, 0.29) is 11.8 Å². The Hall–Kier alpha value is -0.870. The van der Waals surface area contributed by atoms with Crippen LogP contribution in [0, 0.1) is 0 Å². The number of rotatable bonds is 8. The first-order valence-corrected chi connectivity index (χ1v) is 8.03. The van der Waals surface area contributed by atoms with E-state index in [1.165, 1.54) is 5.56 Å². The van der Waals surface area contributed by atoms with E-state index in [1.54, 1.807) is 0 Å². The minimum Gasteiger partial charge on any atom is -0.481 e. The molecule has 3 nitrogen and oxygen atoms in total. The summed E-state index contributed by atoms with van der Waals surface area (Å²) in [5.41, 5.74) is 0.912. The minimum absolute atomic E-state index is 0.0313. The van der Waals surface area contributed by atoms with Gasteiger partial charge in [-0.25, -0.2) is 0 Å². The van der Waals surface area contributed by atoms with E-state index in [2.05, 4.69) is 54.0 Å². The van der Waals surface area contributed by atoms with Gasteiger partial charge >= 0.3 is 5.97 Å². The van der Waals surface area contributed by atoms with Crippen LogP contribution in [0.5, 0.6) is 0 Å². The van der Waals surface area contributed by atoms with Crippen molar-refractivity contribution < 1.29 is 14.6 Å². The first-order chi connectivity index (χ1) is 9.62. The third-order valence-electron chi connectivity index (χ3n) is 3.79. The molecular formula is C17H25BrO3. The van der Waals surface area contributed by atoms with Gasteiger partial charge in [0.1, 0.15) is 0 Å². The van der Waals surface area contributed by atoms with Gasteiger partial charge in [-0.3, -0.25) is 4.79 Å². The van der Waals surface area contributed by atoms with Crippen molar-refractivity contribution in [3.05, 3.63) is 34.3 Å². The van der Waals surface area contributed by atoms with Crippen molar-refractivity contribution in [2.24, 2.45) is 0 Å². The molecule has 1 aromatic rings. The molecule has 0 atom stereocenters. The van der Waals surface area contributed by atoms with Crippen molar-refractivity contribution in [3.8, 4) is 0 Å². The first kappa shape index (κ1) is 18.2. The number of ether oxygens (including phenoxy) is 1. The van der Waals surface area contributed by atoms with Crippen LogP contribution in [0.25, 0.3) is 0 Å². The Kier molecular flexibility index (Phi) is 6.41. The Bertz CT molecular complexity index is 463. The first-order valence-electron chi connectivity index (χ1n) is 7.24. The molecule has 0 aliphatic carbocycles. The van der Waals surface area contributed by atoms with Crippen molar-refractivity contribution in [1.29, 1.82) is 0 Å². The van der Waals surface area contributed by atoms with Crippen molar-refractivity contribution in [3.63, 3.8) is 0 Å². The van der Waals surface area contributed by atoms with Crippen LogP contribution in [0.2, 0.25) is 0 Å². The lowest BCUT2D eigenvalue weighted by atomic mass is 9.82. The largest absolute Gasteiger partial charge is 0.481 e. The van der Waals surface area contributed by atoms with Crippen molar-refractivity contribution in [2.75, 3.05) is 6.61 Å². The van der Waals surface area contributed by atoms with E-state index in [4.69, 9.17) is 9.84 Å². The summed E-state index contributed by atoms with van der Waals surface area (Å²) in [6.07, 6.45) is 1.56. The van der Waals surface area contributed by atoms with Gasteiger partial charge < -0.3 is 9.84 Å². The Morgan fingerprint density at radius 1 is 1.14 bits per heavy atom. The van der Waals surface area contributed by atoms with Gasteiger partial charge in [0, 0.05) is 17.5 Å². The summed E-state index contributed by atoms with van der Waals surface area (Å²) in [5.74, 6) is -0.776. The lowest BCUT2D eigenvalue weighted by Gasteiger charge is -2.29. The minimum atomic E-state index is -0.776. The van der Waals surface area contributed by atoms with Crippen LogP contribution < -0.4 is 0 Å². The third kappa shape index (κ3) is 6.62. The second-order valence-electron chi connectivity index (χ2n) is 6.64. The summed E-state index contributed by atoms with van der Waals surface area (Å²) in [7, 11) is 0. The Balaban J connectivity index is 2.50. The molecule has 21 heavy (non-hydrogen) atoms. The molecule has 0 unspecified atom stereocenters. The molecule has 0 bridgehead atoms. The zero-order valence-electron chi connectivity index (χ0n) is 13.3. The molecular weight excluding hydrogens is 332 g/mol. The quantitative estimate of drug-likeness (QED) is 0.729. The second kappa shape index (κ2) is 7.41. The van der Waals surface area contributed by atoms with Crippen molar-refractivity contribution in [2.45, 2.75) is 58.0 Å². The van der Waals surface area contributed by atoms with E-state index < -0.39 is 11.6 Å². The molecule has 0 aliphatic rings. The van der Waals surface area contributed by atoms with Crippen LogP contribution in [0.4, 0.5) is 0 Å². The summed E-state index contributed by atoms with van der Waals surface area (Å²) < 4.78 is 6.97. The molecule has 1 rings (SSSR count). The summed E-state index contributed by atoms with van der Waals surface area (Å²) >= 11 is 3.45. The number of hydrogen-bond acceptors (Lipinski definition) is 2. The third-order valence-corrected chi connectivity index (χ3v) is 4.32. The Morgan fingerprint density at radius 2 is 1.71 bits per heavy atom. The van der Waals surface area contributed by atoms with Gasteiger partial charge in [0.2, 0.25) is 0 Å². The van der Waals surface area contributed by atoms with Gasteiger partial charge in [-0.2, -0.15) is 0 Å². The van der Waals surface area contributed by atoms with Gasteiger partial charge in [-0.15, -0.1) is 0 Å². The fraction of sp³-hybridized carbons (Fsp3) is 0.588. The highest BCUT2D eigenvalue weighted by atomic mass is 79.9. The van der Waals surface area contributed by atoms with E-state index >= 15 is 0 Å². The van der Waals surface area contributed by atoms with E-state index in [0.29, 0.717) is 13.0 Å². The fourth-order valence-corrected chi connectivity index (χ4v) is 2.37. The van der Waals surface area contributed by atoms with Gasteiger partial charge in [0.25, 0.3) is 0 Å². The van der Waals surface area contributed by atoms with Gasteiger partial charge in [-0.05, 0) is 49.8 Å². The summed E-state index contributed by atoms with van der Waals surface area (Å²) in [6, 6.07) is 8.35. The molecule has 0 fully saturated rings. The molecule has 0 aromatic heterocycles. The smallest absolute Gasteiger partial charge is 0.303 e. The normalized spacial score (nSPS) is 12.4. The van der Waals surface area contributed by atoms with Gasteiger partial charge in [0.15, 0.2) is 0 Å². The van der Waals surface area contributed by atoms with E-state index in [1.807, 2.05) is 13.8 Å². The molecule has 1 aromatic carbocycles. The number of carboxylic acid groups (broad SMARTS) is 1. The maximum Gasteiger partial charge on any atom is 0.303 e. The predicted molar refractivity (Wildman–Crippen MR) is 88.7 cm³/mol. The van der Waals surface area contributed by atoms with Crippen LogP contribution in [-0.4, -0.2) is 23.3 Å². The topological polar surface area (TPSA) is 46.5 Å². The van der Waals surface area contributed by atoms with Crippen LogP contribution in [-0.2, 0) is 14.9 Å². The maximum atomic E-state index is 10.6. The monoisotopic (exact) mass is 356 g/mol. The average Bonchev–Trinajstić information content (AvgIpc) is 2.36. The lowest BCUT2D eigenvalue weighted by molar-refractivity contribution is -0.138. The predicted octanol–water partition coefficient (Wildman–Crippen LogP) is 4.78. The fourth-order valence-electron chi connectivity index (χ4n) is 2.11. The van der Waals surface area contributed by atoms with Crippen LogP contribution in [0.1, 0.15) is 52.5 Å². The lowest BCUT2D eigenvalue weighted by Crippen LogP contribution is -2.28. The van der Waals surface area contributed by atoms with E-state index in [0.717, 1.165) is 10.9 Å². The van der Waals surface area contributed by atoms with Crippen LogP contribution in [0.15, 0.2) is 28.7 Å². The Labute approximate surface area is 135 Å². The SMILES string of the molecule is CC(C)(CCC(=O)O)OCCC(C)(C)c1ccc(Br)cc1. The standard InChI is InChI=1S/C17H25BrO3/c1-16(2,13-5-7-14(18)8-6-13)11-12-21-17(3,4)10-9-15(19)20/h5-8H,9-12H2,1-4H3,(H,19,20). The molecule has 118 valence electrons. The van der Waals surface area contributed by atoms with Gasteiger partial charge in [-0.1, -0.05) is 41.9 Å². The van der Waals surface area contributed by atoms with Gasteiger partial charge in [0.05, 0.1) is 5.60 Å². The average molecular weight is 357 g/mol. The molecule has 0 aliphatic heterocycles. The van der Waals surface area contributed by atoms with Crippen molar-refractivity contribution >= 4 is 21.9 Å². The molecule has 0 amide bonds. The second-order valence-corrected chi connectivity index (χ2v) is 7.56. The number of aliphatic carboxylic acids is 1. The maximum absolute atomic E-state index is 10.6. The number of halogens is 1. The molecule has 0 radical (unpaired) electrons. The summed E-state index contributed by atoms with van der Waals surface area (Å²) in [4.78, 5) is 10.6. The summed E-state index contributed by atoms with van der Waals surface area (Å²) in [5, 5.41) is 8.74. The van der Waals surface area contributed by atoms with Crippen molar-refractivity contribution in [1.82, 2.24) is 0 Å². The number of hydrogen-bond donors (Lipinski definition) is 1. The number of benzene rings is 1. The molecule has 0 spiro atoms. The van der Waals surface area contributed by atoms with E-state index in [9.17, 15) is 4.79 Å².